The van der Waals surface area contributed by atoms with Gasteiger partial charge in [-0.1, -0.05) is 5.16 Å². The van der Waals surface area contributed by atoms with Crippen LogP contribution in [0.25, 0.3) is 0 Å². The summed E-state index contributed by atoms with van der Waals surface area (Å²) in [6.45, 7) is 7.34. The molecular formula is C17H21N5O3. The molecule has 8 heteroatoms. The lowest BCUT2D eigenvalue weighted by atomic mass is 10.0. The Balaban J connectivity index is 1.35. The van der Waals surface area contributed by atoms with Crippen molar-refractivity contribution in [1.29, 1.82) is 0 Å². The molecule has 0 saturated carbocycles. The standard InChI is InChI=1S/C17H21N5O3/c1-11-7-13(3-4-18-11)17(23)22-8-14(9-22)21-5-6-24-15(10-21)16-19-12(2)20-25-16/h3-4,7,14-15H,5-6,8-10H2,1-2H3. The van der Waals surface area contributed by atoms with E-state index >= 15 is 0 Å². The second kappa shape index (κ2) is 6.53. The van der Waals surface area contributed by atoms with Gasteiger partial charge < -0.3 is 14.2 Å². The van der Waals surface area contributed by atoms with Crippen molar-refractivity contribution in [2.45, 2.75) is 26.0 Å². The summed E-state index contributed by atoms with van der Waals surface area (Å²) < 4.78 is 11.0. The van der Waals surface area contributed by atoms with E-state index in [9.17, 15) is 4.79 Å². The van der Waals surface area contributed by atoms with E-state index in [2.05, 4.69) is 20.0 Å². The molecule has 1 atom stereocenters. The smallest absolute Gasteiger partial charge is 0.257 e. The number of amides is 1. The maximum atomic E-state index is 12.5. The zero-order valence-electron chi connectivity index (χ0n) is 14.4. The summed E-state index contributed by atoms with van der Waals surface area (Å²) in [5.74, 6) is 1.21. The molecule has 4 heterocycles. The lowest BCUT2D eigenvalue weighted by Crippen LogP contribution is -2.63. The number of pyridine rings is 1. The monoisotopic (exact) mass is 343 g/mol. The normalized spacial score (nSPS) is 22.0. The highest BCUT2D eigenvalue weighted by Gasteiger charge is 2.38. The molecule has 2 aliphatic rings. The summed E-state index contributed by atoms with van der Waals surface area (Å²) >= 11 is 0. The lowest BCUT2D eigenvalue weighted by molar-refractivity contribution is -0.0782. The molecular weight excluding hydrogens is 322 g/mol. The van der Waals surface area contributed by atoms with Gasteiger partial charge in [-0.05, 0) is 26.0 Å². The zero-order chi connectivity index (χ0) is 17.4. The Labute approximate surface area is 145 Å². The summed E-state index contributed by atoms with van der Waals surface area (Å²) in [5, 5.41) is 3.83. The summed E-state index contributed by atoms with van der Waals surface area (Å²) in [6.07, 6.45) is 1.49. The number of aromatic nitrogens is 3. The van der Waals surface area contributed by atoms with Crippen molar-refractivity contribution in [1.82, 2.24) is 24.9 Å². The molecule has 1 amide bonds. The van der Waals surface area contributed by atoms with Gasteiger partial charge in [0.05, 0.1) is 6.61 Å². The van der Waals surface area contributed by atoms with Crippen molar-refractivity contribution < 1.29 is 14.1 Å². The molecule has 2 saturated heterocycles. The molecule has 0 N–H and O–H groups in total. The Hall–Kier alpha value is -2.32. The zero-order valence-corrected chi connectivity index (χ0v) is 14.4. The second-order valence-corrected chi connectivity index (χ2v) is 6.58. The van der Waals surface area contributed by atoms with Gasteiger partial charge in [0, 0.05) is 49.7 Å². The third-order valence-corrected chi connectivity index (χ3v) is 4.73. The Bertz CT molecular complexity index is 771. The SMILES string of the molecule is Cc1cc(C(=O)N2CC(N3CCOC(c4nc(C)no4)C3)C2)ccn1. The molecule has 0 aliphatic carbocycles. The lowest BCUT2D eigenvalue weighted by Gasteiger charge is -2.47. The van der Waals surface area contributed by atoms with Crippen LogP contribution in [0.2, 0.25) is 0 Å². The predicted octanol–water partition coefficient (Wildman–Crippen LogP) is 0.979. The average Bonchev–Trinajstić information content (AvgIpc) is 3.00. The van der Waals surface area contributed by atoms with Crippen LogP contribution in [-0.4, -0.2) is 69.7 Å². The van der Waals surface area contributed by atoms with Crippen LogP contribution < -0.4 is 0 Å². The minimum Gasteiger partial charge on any atom is -0.366 e. The van der Waals surface area contributed by atoms with Crippen LogP contribution in [0.4, 0.5) is 0 Å². The number of likely N-dealkylation sites (tertiary alicyclic amines) is 1. The topological polar surface area (TPSA) is 84.6 Å². The van der Waals surface area contributed by atoms with Crippen molar-refractivity contribution in [3.8, 4) is 0 Å². The van der Waals surface area contributed by atoms with E-state index in [1.165, 1.54) is 0 Å². The van der Waals surface area contributed by atoms with E-state index in [1.807, 2.05) is 17.9 Å². The Morgan fingerprint density at radius 3 is 2.84 bits per heavy atom. The molecule has 1 unspecified atom stereocenters. The fourth-order valence-electron chi connectivity index (χ4n) is 3.31. The fraction of sp³-hybridized carbons (Fsp3) is 0.529. The highest BCUT2D eigenvalue weighted by molar-refractivity contribution is 5.94. The number of aryl methyl sites for hydroxylation is 2. The van der Waals surface area contributed by atoms with Crippen LogP contribution in [0.5, 0.6) is 0 Å². The molecule has 2 fully saturated rings. The first-order valence-corrected chi connectivity index (χ1v) is 8.48. The predicted molar refractivity (Wildman–Crippen MR) is 88.0 cm³/mol. The first-order valence-electron chi connectivity index (χ1n) is 8.48. The molecule has 0 spiro atoms. The van der Waals surface area contributed by atoms with E-state index in [0.717, 1.165) is 25.3 Å². The number of rotatable bonds is 3. The van der Waals surface area contributed by atoms with Gasteiger partial charge in [0.1, 0.15) is 6.10 Å². The number of hydrogen-bond acceptors (Lipinski definition) is 7. The van der Waals surface area contributed by atoms with Gasteiger partial charge in [-0.25, -0.2) is 0 Å². The summed E-state index contributed by atoms with van der Waals surface area (Å²) in [4.78, 5) is 25.1. The van der Waals surface area contributed by atoms with Crippen LogP contribution in [0.15, 0.2) is 22.9 Å². The maximum absolute atomic E-state index is 12.5. The van der Waals surface area contributed by atoms with Crippen molar-refractivity contribution in [2.24, 2.45) is 0 Å². The highest BCUT2D eigenvalue weighted by Crippen LogP contribution is 2.26. The van der Waals surface area contributed by atoms with Gasteiger partial charge in [0.2, 0.25) is 0 Å². The molecule has 2 aliphatic heterocycles. The minimum absolute atomic E-state index is 0.0686. The van der Waals surface area contributed by atoms with Gasteiger partial charge in [-0.3, -0.25) is 14.7 Å². The molecule has 0 bridgehead atoms. The molecule has 25 heavy (non-hydrogen) atoms. The number of nitrogens with zero attached hydrogens (tertiary/aromatic N) is 5. The summed E-state index contributed by atoms with van der Waals surface area (Å²) in [6, 6.07) is 3.95. The number of carbonyl (C=O) groups is 1. The Kier molecular flexibility index (Phi) is 4.22. The van der Waals surface area contributed by atoms with Crippen LogP contribution >= 0.6 is 0 Å². The quantitative estimate of drug-likeness (QED) is 0.821. The van der Waals surface area contributed by atoms with Crippen LogP contribution in [0, 0.1) is 13.8 Å². The number of carbonyl (C=O) groups excluding carboxylic acids is 1. The van der Waals surface area contributed by atoms with Crippen LogP contribution in [-0.2, 0) is 4.74 Å². The molecule has 132 valence electrons. The number of ether oxygens (including phenoxy) is 1. The van der Waals surface area contributed by atoms with E-state index in [0.29, 0.717) is 36.5 Å². The van der Waals surface area contributed by atoms with E-state index in [1.54, 1.807) is 19.2 Å². The molecule has 0 aromatic carbocycles. The molecule has 2 aromatic rings. The van der Waals surface area contributed by atoms with Crippen molar-refractivity contribution >= 4 is 5.91 Å². The van der Waals surface area contributed by atoms with Gasteiger partial charge >= 0.3 is 0 Å². The first kappa shape index (κ1) is 16.2. The van der Waals surface area contributed by atoms with Gasteiger partial charge in [-0.2, -0.15) is 4.98 Å². The fourth-order valence-corrected chi connectivity index (χ4v) is 3.31. The van der Waals surface area contributed by atoms with Crippen LogP contribution in [0.1, 0.15) is 33.9 Å². The van der Waals surface area contributed by atoms with Gasteiger partial charge in [0.15, 0.2) is 5.82 Å². The first-order chi connectivity index (χ1) is 12.1. The van der Waals surface area contributed by atoms with Gasteiger partial charge in [0.25, 0.3) is 11.8 Å². The summed E-state index contributed by atoms with van der Waals surface area (Å²) in [7, 11) is 0. The van der Waals surface area contributed by atoms with E-state index in [-0.39, 0.29) is 12.0 Å². The third kappa shape index (κ3) is 3.27. The summed E-state index contributed by atoms with van der Waals surface area (Å²) in [5.41, 5.74) is 1.56. The number of morpholine rings is 1. The highest BCUT2D eigenvalue weighted by atomic mass is 16.5. The molecule has 4 rings (SSSR count). The minimum atomic E-state index is -0.192. The largest absolute Gasteiger partial charge is 0.366 e. The third-order valence-electron chi connectivity index (χ3n) is 4.73. The second-order valence-electron chi connectivity index (χ2n) is 6.58. The van der Waals surface area contributed by atoms with E-state index in [4.69, 9.17) is 9.26 Å². The van der Waals surface area contributed by atoms with E-state index < -0.39 is 0 Å². The number of hydrogen-bond donors (Lipinski definition) is 0. The average molecular weight is 343 g/mol. The molecule has 2 aromatic heterocycles. The van der Waals surface area contributed by atoms with Gasteiger partial charge in [-0.15, -0.1) is 0 Å². The van der Waals surface area contributed by atoms with Crippen molar-refractivity contribution in [3.05, 3.63) is 41.3 Å². The Morgan fingerprint density at radius 2 is 2.12 bits per heavy atom. The molecule has 0 radical (unpaired) electrons. The van der Waals surface area contributed by atoms with Crippen molar-refractivity contribution in [3.63, 3.8) is 0 Å². The van der Waals surface area contributed by atoms with Crippen LogP contribution in [0.3, 0.4) is 0 Å². The Morgan fingerprint density at radius 1 is 1.28 bits per heavy atom. The maximum Gasteiger partial charge on any atom is 0.257 e. The molecule has 8 nitrogen and oxygen atoms in total. The van der Waals surface area contributed by atoms with Crippen molar-refractivity contribution in [2.75, 3.05) is 32.8 Å².